The number of fused-ring (bicyclic) bond motifs is 2. The second kappa shape index (κ2) is 6.57. The minimum atomic E-state index is -0.980. The lowest BCUT2D eigenvalue weighted by molar-refractivity contribution is 0.0704. The van der Waals surface area contributed by atoms with Crippen molar-refractivity contribution >= 4 is 5.91 Å². The van der Waals surface area contributed by atoms with E-state index < -0.39 is 6.10 Å². The summed E-state index contributed by atoms with van der Waals surface area (Å²) in [5, 5.41) is 23.1. The van der Waals surface area contributed by atoms with Crippen molar-refractivity contribution in [3.8, 4) is 0 Å². The van der Waals surface area contributed by atoms with Crippen LogP contribution in [0.2, 0.25) is 0 Å². The predicted molar refractivity (Wildman–Crippen MR) is 89.9 cm³/mol. The first kappa shape index (κ1) is 16.2. The van der Waals surface area contributed by atoms with Gasteiger partial charge in [-0.2, -0.15) is 5.10 Å². The molecule has 7 nitrogen and oxygen atoms in total. The summed E-state index contributed by atoms with van der Waals surface area (Å²) < 4.78 is 1.79. The van der Waals surface area contributed by atoms with Gasteiger partial charge in [0.15, 0.2) is 0 Å². The Balaban J connectivity index is 1.53. The molecule has 0 fully saturated rings. The van der Waals surface area contributed by atoms with Gasteiger partial charge in [0.25, 0.3) is 5.91 Å². The van der Waals surface area contributed by atoms with E-state index in [1.165, 1.54) is 12.0 Å². The third-order valence-corrected chi connectivity index (χ3v) is 5.03. The molecule has 7 heteroatoms. The summed E-state index contributed by atoms with van der Waals surface area (Å²) in [4.78, 5) is 19.1. The molecule has 2 aromatic heterocycles. The summed E-state index contributed by atoms with van der Waals surface area (Å²) in [6, 6.07) is 3.75. The first-order chi connectivity index (χ1) is 12.2. The van der Waals surface area contributed by atoms with Gasteiger partial charge in [0.05, 0.1) is 36.6 Å². The van der Waals surface area contributed by atoms with Gasteiger partial charge in [-0.1, -0.05) is 0 Å². The Morgan fingerprint density at radius 3 is 2.92 bits per heavy atom. The van der Waals surface area contributed by atoms with Crippen molar-refractivity contribution < 1.29 is 15.0 Å². The summed E-state index contributed by atoms with van der Waals surface area (Å²) in [6.07, 6.45) is 5.05. The van der Waals surface area contributed by atoms with Crippen molar-refractivity contribution in [3.63, 3.8) is 0 Å². The molecule has 25 heavy (non-hydrogen) atoms. The Kier molecular flexibility index (Phi) is 4.27. The Morgan fingerprint density at radius 1 is 1.24 bits per heavy atom. The van der Waals surface area contributed by atoms with Gasteiger partial charge in [-0.05, 0) is 43.4 Å². The summed E-state index contributed by atoms with van der Waals surface area (Å²) in [5.74, 6) is -0.0161. The van der Waals surface area contributed by atoms with Gasteiger partial charge >= 0.3 is 0 Å². The third-order valence-electron chi connectivity index (χ3n) is 5.03. The molecule has 0 aromatic carbocycles. The number of carbonyl (C=O) groups excluding carboxylic acids is 1. The highest BCUT2D eigenvalue weighted by Crippen LogP contribution is 2.23. The van der Waals surface area contributed by atoms with Crippen molar-refractivity contribution in [2.24, 2.45) is 0 Å². The monoisotopic (exact) mass is 342 g/mol. The zero-order valence-electron chi connectivity index (χ0n) is 14.1. The van der Waals surface area contributed by atoms with E-state index in [-0.39, 0.29) is 12.5 Å². The summed E-state index contributed by atoms with van der Waals surface area (Å²) in [5.41, 5.74) is 4.29. The number of aryl methyl sites for hydroxylation is 2. The number of carbonyl (C=O) groups is 1. The molecule has 132 valence electrons. The first-order valence-electron chi connectivity index (χ1n) is 8.78. The van der Waals surface area contributed by atoms with Gasteiger partial charge in [0.2, 0.25) is 0 Å². The van der Waals surface area contributed by atoms with Crippen LogP contribution in [0.3, 0.4) is 0 Å². The number of rotatable bonds is 3. The third kappa shape index (κ3) is 3.05. The van der Waals surface area contributed by atoms with E-state index in [0.717, 1.165) is 30.7 Å². The van der Waals surface area contributed by atoms with Gasteiger partial charge in [0, 0.05) is 18.4 Å². The molecule has 0 bridgehead atoms. The Morgan fingerprint density at radius 2 is 2.08 bits per heavy atom. The van der Waals surface area contributed by atoms with E-state index in [0.29, 0.717) is 30.9 Å². The molecular weight excluding hydrogens is 320 g/mol. The van der Waals surface area contributed by atoms with Crippen molar-refractivity contribution in [2.75, 3.05) is 13.2 Å². The molecule has 2 aromatic rings. The number of pyridine rings is 1. The van der Waals surface area contributed by atoms with E-state index in [1.807, 2.05) is 6.07 Å². The van der Waals surface area contributed by atoms with Gasteiger partial charge in [-0.3, -0.25) is 14.5 Å². The second-order valence-corrected chi connectivity index (χ2v) is 6.75. The number of aliphatic hydroxyl groups excluding tert-OH is 2. The molecule has 0 radical (unpaired) electrons. The SMILES string of the molecule is O=C(c1cnc2c(c1)CCCC2)N1CCn2nc([C@H](O)CO)cc2C1. The molecule has 0 saturated heterocycles. The zero-order valence-corrected chi connectivity index (χ0v) is 14.1. The maximum atomic E-state index is 12.9. The van der Waals surface area contributed by atoms with Crippen LogP contribution < -0.4 is 0 Å². The highest BCUT2D eigenvalue weighted by Gasteiger charge is 2.25. The smallest absolute Gasteiger partial charge is 0.255 e. The normalized spacial score (nSPS) is 17.8. The molecule has 0 unspecified atom stereocenters. The molecule has 1 amide bonds. The maximum Gasteiger partial charge on any atom is 0.255 e. The van der Waals surface area contributed by atoms with E-state index in [9.17, 15) is 9.90 Å². The topological polar surface area (TPSA) is 91.5 Å². The predicted octanol–water partition coefficient (Wildman–Crippen LogP) is 0.839. The molecule has 2 aliphatic rings. The van der Waals surface area contributed by atoms with Crippen LogP contribution in [0.4, 0.5) is 0 Å². The molecule has 1 aliphatic heterocycles. The lowest BCUT2D eigenvalue weighted by Crippen LogP contribution is -2.38. The first-order valence-corrected chi connectivity index (χ1v) is 8.78. The zero-order chi connectivity index (χ0) is 17.4. The number of aromatic nitrogens is 3. The number of aliphatic hydroxyl groups is 2. The lowest BCUT2D eigenvalue weighted by atomic mass is 9.95. The van der Waals surface area contributed by atoms with Crippen molar-refractivity contribution in [1.29, 1.82) is 0 Å². The van der Waals surface area contributed by atoms with Crippen LogP contribution >= 0.6 is 0 Å². The van der Waals surface area contributed by atoms with Crippen LogP contribution in [0.1, 0.15) is 51.9 Å². The Bertz CT molecular complexity index is 802. The second-order valence-electron chi connectivity index (χ2n) is 6.75. The van der Waals surface area contributed by atoms with Crippen LogP contribution in [0.25, 0.3) is 0 Å². The minimum absolute atomic E-state index is 0.0161. The molecule has 0 saturated carbocycles. The molecule has 1 aliphatic carbocycles. The van der Waals surface area contributed by atoms with Crippen molar-refractivity contribution in [2.45, 2.75) is 44.9 Å². The average Bonchev–Trinajstić information content (AvgIpc) is 3.09. The fourth-order valence-electron chi connectivity index (χ4n) is 3.61. The van der Waals surface area contributed by atoms with Crippen LogP contribution in [0.5, 0.6) is 0 Å². The fraction of sp³-hybridized carbons (Fsp3) is 0.500. The molecule has 0 spiro atoms. The number of amides is 1. The summed E-state index contributed by atoms with van der Waals surface area (Å²) in [6.45, 7) is 1.23. The Hall–Kier alpha value is -2.25. The fourth-order valence-corrected chi connectivity index (χ4v) is 3.61. The summed E-state index contributed by atoms with van der Waals surface area (Å²) in [7, 11) is 0. The Labute approximate surface area is 145 Å². The van der Waals surface area contributed by atoms with Crippen LogP contribution in [0.15, 0.2) is 18.3 Å². The molecule has 1 atom stereocenters. The maximum absolute atomic E-state index is 12.9. The molecular formula is C18H22N4O3. The average molecular weight is 342 g/mol. The quantitative estimate of drug-likeness (QED) is 0.862. The number of nitrogens with zero attached hydrogens (tertiary/aromatic N) is 4. The van der Waals surface area contributed by atoms with Crippen LogP contribution in [0, 0.1) is 0 Å². The molecule has 3 heterocycles. The minimum Gasteiger partial charge on any atom is -0.393 e. The van der Waals surface area contributed by atoms with Gasteiger partial charge in [0.1, 0.15) is 6.10 Å². The standard InChI is InChI=1S/C18H22N4O3/c23-11-17(24)16-8-14-10-21(5-6-22(14)20-16)18(25)13-7-12-3-1-2-4-15(12)19-9-13/h7-9,17,23-24H,1-6,10-11H2/t17-/m1/s1. The van der Waals surface area contributed by atoms with E-state index in [1.54, 1.807) is 21.8 Å². The lowest BCUT2D eigenvalue weighted by Gasteiger charge is -2.28. The molecule has 2 N–H and O–H groups in total. The molecule has 4 rings (SSSR count). The van der Waals surface area contributed by atoms with Gasteiger partial charge < -0.3 is 15.1 Å². The highest BCUT2D eigenvalue weighted by molar-refractivity contribution is 5.94. The number of hydrogen-bond acceptors (Lipinski definition) is 5. The van der Waals surface area contributed by atoms with Gasteiger partial charge in [-0.15, -0.1) is 0 Å². The van der Waals surface area contributed by atoms with E-state index >= 15 is 0 Å². The highest BCUT2D eigenvalue weighted by atomic mass is 16.3. The van der Waals surface area contributed by atoms with Crippen molar-refractivity contribution in [1.82, 2.24) is 19.7 Å². The summed E-state index contributed by atoms with van der Waals surface area (Å²) >= 11 is 0. The van der Waals surface area contributed by atoms with E-state index in [4.69, 9.17) is 5.11 Å². The van der Waals surface area contributed by atoms with Crippen LogP contribution in [-0.2, 0) is 25.9 Å². The van der Waals surface area contributed by atoms with Crippen molar-refractivity contribution in [3.05, 3.63) is 46.5 Å². The van der Waals surface area contributed by atoms with Gasteiger partial charge in [-0.25, -0.2) is 0 Å². The van der Waals surface area contributed by atoms with Crippen LogP contribution in [-0.4, -0.2) is 48.9 Å². The largest absolute Gasteiger partial charge is 0.393 e. The number of hydrogen-bond donors (Lipinski definition) is 2. The van der Waals surface area contributed by atoms with E-state index in [2.05, 4.69) is 10.1 Å².